The number of hydrogen-bond donors (Lipinski definition) is 1. The second kappa shape index (κ2) is 5.87. The van der Waals surface area contributed by atoms with Crippen molar-refractivity contribution in [2.24, 2.45) is 0 Å². The number of nitrogens with zero attached hydrogens (tertiary/aromatic N) is 3. The number of hydrogen-bond acceptors (Lipinski definition) is 3. The first-order valence-electron chi connectivity index (χ1n) is 9.45. The zero-order valence-corrected chi connectivity index (χ0v) is 16.8. The van der Waals surface area contributed by atoms with E-state index in [0.29, 0.717) is 11.0 Å². The first-order chi connectivity index (χ1) is 13.0. The van der Waals surface area contributed by atoms with Crippen molar-refractivity contribution in [2.45, 2.75) is 58.3 Å². The Bertz CT molecular complexity index is 1130. The molecule has 0 amide bonds. The van der Waals surface area contributed by atoms with E-state index >= 15 is 0 Å². The maximum absolute atomic E-state index is 14.3. The van der Waals surface area contributed by atoms with Crippen LogP contribution in [-0.4, -0.2) is 26.1 Å². The van der Waals surface area contributed by atoms with Crippen molar-refractivity contribution in [3.63, 3.8) is 0 Å². The van der Waals surface area contributed by atoms with Crippen molar-refractivity contribution in [1.29, 1.82) is 0 Å². The third-order valence-corrected chi connectivity index (χ3v) is 6.16. The van der Waals surface area contributed by atoms with Gasteiger partial charge in [0.2, 0.25) is 0 Å². The Labute approximate surface area is 163 Å². The van der Waals surface area contributed by atoms with E-state index in [-0.39, 0.29) is 10.8 Å². The molecule has 6 heteroatoms. The molecular formula is C22H24FN3O2. The number of carbonyl (C=O) groups is 1. The Morgan fingerprint density at radius 3 is 2.29 bits per heavy atom. The van der Waals surface area contributed by atoms with Gasteiger partial charge >= 0.3 is 5.97 Å². The second-order valence-corrected chi connectivity index (χ2v) is 9.08. The minimum absolute atomic E-state index is 0.0332. The van der Waals surface area contributed by atoms with Crippen molar-refractivity contribution in [1.82, 2.24) is 15.0 Å². The number of carboxylic acid groups (broad SMARTS) is 1. The number of aromatic carboxylic acids is 1. The number of benzene rings is 2. The molecule has 0 bridgehead atoms. The lowest BCUT2D eigenvalue weighted by Crippen LogP contribution is -2.34. The van der Waals surface area contributed by atoms with Crippen molar-refractivity contribution >= 4 is 17.0 Å². The van der Waals surface area contributed by atoms with Crippen LogP contribution in [0, 0.1) is 12.7 Å². The predicted octanol–water partition coefficient (Wildman–Crippen LogP) is 4.92. The Kier molecular flexibility index (Phi) is 3.90. The summed E-state index contributed by atoms with van der Waals surface area (Å²) in [7, 11) is 0. The maximum Gasteiger partial charge on any atom is 0.338 e. The van der Waals surface area contributed by atoms with E-state index in [1.807, 2.05) is 6.92 Å². The van der Waals surface area contributed by atoms with Gasteiger partial charge in [-0.15, -0.1) is 5.10 Å². The lowest BCUT2D eigenvalue weighted by molar-refractivity contribution is 0.0692. The summed E-state index contributed by atoms with van der Waals surface area (Å²) in [5.74, 6) is -2.11. The van der Waals surface area contributed by atoms with Gasteiger partial charge in [0.25, 0.3) is 0 Å². The van der Waals surface area contributed by atoms with E-state index in [0.717, 1.165) is 24.1 Å². The van der Waals surface area contributed by atoms with Gasteiger partial charge in [-0.3, -0.25) is 0 Å². The molecule has 1 aromatic heterocycles. The monoisotopic (exact) mass is 381 g/mol. The van der Waals surface area contributed by atoms with Gasteiger partial charge in [-0.2, -0.15) is 0 Å². The van der Waals surface area contributed by atoms with Gasteiger partial charge < -0.3 is 5.11 Å². The summed E-state index contributed by atoms with van der Waals surface area (Å²) in [6.45, 7) is 11.1. The van der Waals surface area contributed by atoms with Crippen molar-refractivity contribution < 1.29 is 14.3 Å². The average molecular weight is 381 g/mol. The SMILES string of the molecule is Cc1cc2c(cc1-n1nnc3cc(C(=O)O)c(F)cc31)C(C)(C)CCC2(C)C. The highest BCUT2D eigenvalue weighted by Gasteiger charge is 2.37. The van der Waals surface area contributed by atoms with Gasteiger partial charge in [0.15, 0.2) is 0 Å². The molecule has 5 nitrogen and oxygen atoms in total. The van der Waals surface area contributed by atoms with Crippen LogP contribution in [-0.2, 0) is 10.8 Å². The number of fused-ring (bicyclic) bond motifs is 2. The van der Waals surface area contributed by atoms with Gasteiger partial charge in [-0.1, -0.05) is 39.0 Å². The van der Waals surface area contributed by atoms with E-state index in [2.05, 4.69) is 50.1 Å². The molecule has 146 valence electrons. The summed E-state index contributed by atoms with van der Waals surface area (Å²) in [6, 6.07) is 6.79. The highest BCUT2D eigenvalue weighted by atomic mass is 19.1. The van der Waals surface area contributed by atoms with Crippen LogP contribution in [0.2, 0.25) is 0 Å². The fraction of sp³-hybridized carbons (Fsp3) is 0.409. The lowest BCUT2D eigenvalue weighted by Gasteiger charge is -2.42. The molecule has 1 N–H and O–H groups in total. The number of carboxylic acids is 1. The van der Waals surface area contributed by atoms with Crippen molar-refractivity contribution in [2.75, 3.05) is 0 Å². The van der Waals surface area contributed by atoms with Crippen LogP contribution in [0.5, 0.6) is 0 Å². The molecule has 0 atom stereocenters. The summed E-state index contributed by atoms with van der Waals surface area (Å²) in [6.07, 6.45) is 2.21. The maximum atomic E-state index is 14.3. The predicted molar refractivity (Wildman–Crippen MR) is 106 cm³/mol. The largest absolute Gasteiger partial charge is 0.478 e. The van der Waals surface area contributed by atoms with Crippen LogP contribution in [0.15, 0.2) is 24.3 Å². The minimum atomic E-state index is -1.32. The summed E-state index contributed by atoms with van der Waals surface area (Å²) in [5.41, 5.74) is 5.03. The van der Waals surface area contributed by atoms with Gasteiger partial charge in [0.1, 0.15) is 11.3 Å². The fourth-order valence-electron chi connectivity index (χ4n) is 4.22. The van der Waals surface area contributed by atoms with Crippen LogP contribution >= 0.6 is 0 Å². The molecule has 0 spiro atoms. The van der Waals surface area contributed by atoms with E-state index in [9.17, 15) is 9.18 Å². The second-order valence-electron chi connectivity index (χ2n) is 9.08. The number of aryl methyl sites for hydroxylation is 1. The smallest absolute Gasteiger partial charge is 0.338 e. The third-order valence-electron chi connectivity index (χ3n) is 6.16. The molecule has 0 saturated carbocycles. The lowest BCUT2D eigenvalue weighted by atomic mass is 9.63. The molecular weight excluding hydrogens is 357 g/mol. The first-order valence-corrected chi connectivity index (χ1v) is 9.45. The van der Waals surface area contributed by atoms with Crippen molar-refractivity contribution in [3.8, 4) is 5.69 Å². The van der Waals surface area contributed by atoms with E-state index in [1.165, 1.54) is 23.3 Å². The quantitative estimate of drug-likeness (QED) is 0.684. The molecule has 0 aliphatic heterocycles. The van der Waals surface area contributed by atoms with Crippen LogP contribution in [0.1, 0.15) is 67.6 Å². The van der Waals surface area contributed by atoms with Crippen molar-refractivity contribution in [3.05, 3.63) is 52.3 Å². The highest BCUT2D eigenvalue weighted by Crippen LogP contribution is 2.47. The normalized spacial score (nSPS) is 17.5. The number of rotatable bonds is 2. The third kappa shape index (κ3) is 2.70. The Balaban J connectivity index is 1.96. The van der Waals surface area contributed by atoms with Crippen LogP contribution < -0.4 is 0 Å². The molecule has 0 saturated heterocycles. The topological polar surface area (TPSA) is 68.0 Å². The van der Waals surface area contributed by atoms with Gasteiger partial charge in [-0.25, -0.2) is 13.9 Å². The Morgan fingerprint density at radius 2 is 1.68 bits per heavy atom. The van der Waals surface area contributed by atoms with Crippen LogP contribution in [0.3, 0.4) is 0 Å². The molecule has 1 aliphatic carbocycles. The number of halogens is 1. The Hall–Kier alpha value is -2.76. The fourth-order valence-corrected chi connectivity index (χ4v) is 4.22. The summed E-state index contributed by atoms with van der Waals surface area (Å²) < 4.78 is 15.9. The number of aromatic nitrogens is 3. The molecule has 0 fully saturated rings. The summed E-state index contributed by atoms with van der Waals surface area (Å²) in [5, 5.41) is 17.4. The van der Waals surface area contributed by atoms with Gasteiger partial charge in [-0.05, 0) is 59.4 Å². The molecule has 1 aliphatic rings. The molecule has 2 aromatic carbocycles. The molecule has 0 unspecified atom stereocenters. The molecule has 1 heterocycles. The van der Waals surface area contributed by atoms with E-state index < -0.39 is 17.3 Å². The van der Waals surface area contributed by atoms with Gasteiger partial charge in [0, 0.05) is 6.07 Å². The average Bonchev–Trinajstić information content (AvgIpc) is 3.00. The van der Waals surface area contributed by atoms with Crippen LogP contribution in [0.25, 0.3) is 16.7 Å². The molecule has 0 radical (unpaired) electrons. The molecule has 3 aromatic rings. The molecule has 4 rings (SSSR count). The Morgan fingerprint density at radius 1 is 1.07 bits per heavy atom. The highest BCUT2D eigenvalue weighted by molar-refractivity contribution is 5.92. The van der Waals surface area contributed by atoms with E-state index in [1.54, 1.807) is 4.68 Å². The summed E-state index contributed by atoms with van der Waals surface area (Å²) >= 11 is 0. The standard InChI is InChI=1S/C22H24FN3O2/c1-12-8-14-15(22(4,5)7-6-21(14,2)3)10-18(12)26-19-11-16(23)13(20(27)28)9-17(19)24-25-26/h8-11H,6-7H2,1-5H3,(H,27,28). The van der Waals surface area contributed by atoms with Crippen LogP contribution in [0.4, 0.5) is 4.39 Å². The zero-order chi connectivity index (χ0) is 20.4. The first kappa shape index (κ1) is 18.6. The minimum Gasteiger partial charge on any atom is -0.478 e. The summed E-state index contributed by atoms with van der Waals surface area (Å²) in [4.78, 5) is 11.2. The van der Waals surface area contributed by atoms with Gasteiger partial charge in [0.05, 0.1) is 16.8 Å². The zero-order valence-electron chi connectivity index (χ0n) is 16.8. The molecule has 28 heavy (non-hydrogen) atoms. The van der Waals surface area contributed by atoms with E-state index in [4.69, 9.17) is 5.11 Å².